The fraction of sp³-hybridized carbons (Fsp3) is 0.500. The Kier molecular flexibility index (Phi) is 6.26. The number of nitrogens with two attached hydrogens (primary N) is 1. The lowest BCUT2D eigenvalue weighted by atomic mass is 10.1. The molecule has 4 heterocycles. The topological polar surface area (TPSA) is 210 Å². The third kappa shape index (κ3) is 4.45. The quantitative estimate of drug-likeness (QED) is 0.297. The first kappa shape index (κ1) is 24.0. The number of nitrogens with one attached hydrogen (secondary N) is 1. The Morgan fingerprint density at radius 1 is 1.29 bits per heavy atom. The van der Waals surface area contributed by atoms with Gasteiger partial charge in [-0.25, -0.2) is 19.7 Å². The molecule has 15 nitrogen and oxygen atoms in total. The number of aryl methyl sites for hydroxylation is 1. The number of carbonyl (C=O) groups excluding carboxylic acids is 1. The van der Waals surface area contributed by atoms with Crippen molar-refractivity contribution in [2.24, 2.45) is 7.05 Å². The zero-order valence-electron chi connectivity index (χ0n) is 18.4. The minimum absolute atomic E-state index is 0.0248. The van der Waals surface area contributed by atoms with Crippen molar-refractivity contribution in [2.75, 3.05) is 12.3 Å². The van der Waals surface area contributed by atoms with Gasteiger partial charge in [-0.1, -0.05) is 13.8 Å². The molecule has 184 valence electrons. The van der Waals surface area contributed by atoms with E-state index in [1.54, 1.807) is 4.72 Å². The molecule has 0 aromatic carbocycles. The van der Waals surface area contributed by atoms with Gasteiger partial charge in [0.2, 0.25) is 0 Å². The van der Waals surface area contributed by atoms with E-state index in [0.29, 0.717) is 5.69 Å². The molecule has 5 N–H and O–H groups in total. The summed E-state index contributed by atoms with van der Waals surface area (Å²) in [7, 11) is -3.06. The maximum Gasteiger partial charge on any atom is 0.362 e. The van der Waals surface area contributed by atoms with Gasteiger partial charge in [0.15, 0.2) is 17.7 Å². The molecular formula is C18H24N8O7S. The van der Waals surface area contributed by atoms with E-state index in [2.05, 4.69) is 20.1 Å². The Morgan fingerprint density at radius 3 is 2.71 bits per heavy atom. The average molecular weight is 497 g/mol. The number of fused-ring (bicyclic) bond motifs is 1. The van der Waals surface area contributed by atoms with Crippen LogP contribution in [0.4, 0.5) is 5.82 Å². The van der Waals surface area contributed by atoms with Gasteiger partial charge in [-0.05, 0) is 12.0 Å². The van der Waals surface area contributed by atoms with Gasteiger partial charge in [-0.2, -0.15) is 13.5 Å². The summed E-state index contributed by atoms with van der Waals surface area (Å²) in [4.78, 5) is 24.4. The molecular weight excluding hydrogens is 472 g/mol. The molecule has 0 aliphatic carbocycles. The minimum atomic E-state index is -4.57. The van der Waals surface area contributed by atoms with Crippen molar-refractivity contribution in [3.05, 3.63) is 30.1 Å². The highest BCUT2D eigenvalue weighted by Gasteiger charge is 2.45. The fourth-order valence-corrected chi connectivity index (χ4v) is 4.19. The lowest BCUT2D eigenvalue weighted by molar-refractivity contribution is -0.0468. The third-order valence-electron chi connectivity index (χ3n) is 5.33. The van der Waals surface area contributed by atoms with Gasteiger partial charge in [0, 0.05) is 7.05 Å². The summed E-state index contributed by atoms with van der Waals surface area (Å²) in [6, 6.07) is 1.48. The van der Waals surface area contributed by atoms with Crippen molar-refractivity contribution in [3.63, 3.8) is 0 Å². The number of aromatic nitrogens is 6. The van der Waals surface area contributed by atoms with E-state index in [0.717, 1.165) is 0 Å². The molecule has 1 aliphatic rings. The average Bonchev–Trinajstić information content (AvgIpc) is 3.44. The van der Waals surface area contributed by atoms with E-state index in [1.807, 2.05) is 13.8 Å². The van der Waals surface area contributed by atoms with E-state index in [4.69, 9.17) is 14.7 Å². The van der Waals surface area contributed by atoms with Crippen LogP contribution in [0, 0.1) is 0 Å². The van der Waals surface area contributed by atoms with Crippen LogP contribution in [0.25, 0.3) is 11.2 Å². The first-order chi connectivity index (χ1) is 16.0. The van der Waals surface area contributed by atoms with Gasteiger partial charge in [0.05, 0.1) is 18.6 Å². The second-order valence-electron chi connectivity index (χ2n) is 8.03. The largest absolute Gasteiger partial charge is 0.387 e. The number of anilines is 1. The third-order valence-corrected chi connectivity index (χ3v) is 6.21. The summed E-state index contributed by atoms with van der Waals surface area (Å²) in [5, 5.41) is 25.0. The van der Waals surface area contributed by atoms with Crippen LogP contribution in [0.15, 0.2) is 18.7 Å². The summed E-state index contributed by atoms with van der Waals surface area (Å²) in [5.41, 5.74) is 6.92. The second kappa shape index (κ2) is 8.88. The summed E-state index contributed by atoms with van der Waals surface area (Å²) < 4.78 is 39.5. The molecule has 3 aromatic rings. The lowest BCUT2D eigenvalue weighted by Crippen LogP contribution is -2.38. The van der Waals surface area contributed by atoms with Gasteiger partial charge < -0.3 is 20.7 Å². The van der Waals surface area contributed by atoms with Crippen LogP contribution in [0.3, 0.4) is 0 Å². The number of nitrogen functional groups attached to an aromatic ring is 1. The number of ether oxygens (including phenoxy) is 1. The molecule has 0 saturated carbocycles. The van der Waals surface area contributed by atoms with Gasteiger partial charge >= 0.3 is 10.3 Å². The minimum Gasteiger partial charge on any atom is -0.387 e. The van der Waals surface area contributed by atoms with Gasteiger partial charge in [-0.15, -0.1) is 0 Å². The van der Waals surface area contributed by atoms with E-state index in [9.17, 15) is 23.4 Å². The highest BCUT2D eigenvalue weighted by Crippen LogP contribution is 2.32. The fourth-order valence-electron chi connectivity index (χ4n) is 3.49. The number of hydrogen-bond acceptors (Lipinski definition) is 12. The maximum atomic E-state index is 12.4. The highest BCUT2D eigenvalue weighted by atomic mass is 32.2. The van der Waals surface area contributed by atoms with Crippen molar-refractivity contribution >= 4 is 33.2 Å². The van der Waals surface area contributed by atoms with E-state index >= 15 is 0 Å². The van der Waals surface area contributed by atoms with Crippen LogP contribution in [-0.4, -0.2) is 78.8 Å². The number of rotatable bonds is 7. The predicted molar refractivity (Wildman–Crippen MR) is 115 cm³/mol. The summed E-state index contributed by atoms with van der Waals surface area (Å²) >= 11 is 0. The van der Waals surface area contributed by atoms with Crippen LogP contribution in [-0.2, 0) is 26.3 Å². The number of nitrogens with zero attached hydrogens (tertiary/aromatic N) is 6. The molecule has 1 saturated heterocycles. The molecule has 0 spiro atoms. The standard InChI is InChI=1S/C18H24N8O7S/c1-8(2)9-4-10(25(3)23-9)17(29)24-34(30,31)32-5-11-13(27)14(28)18(33-11)26-7-22-12-15(19)20-6-21-16(12)26/h4,6-8,11,13-14,18,27-28H,5H2,1-3H3,(H,24,29)(H2,19,20,21)/t11-,13-,14-,18-/m1/s1. The van der Waals surface area contributed by atoms with Crippen LogP contribution < -0.4 is 10.5 Å². The molecule has 0 bridgehead atoms. The second-order valence-corrected chi connectivity index (χ2v) is 9.38. The zero-order valence-corrected chi connectivity index (χ0v) is 19.2. The zero-order chi connectivity index (χ0) is 24.8. The SMILES string of the molecule is CC(C)c1cc(C(=O)NS(=O)(=O)OC[C@H]2O[C@@H](n3cnc4c(N)ncnc43)[C@H](O)[C@@H]2O)n(C)n1. The Morgan fingerprint density at radius 2 is 2.03 bits per heavy atom. The number of aliphatic hydroxyl groups is 2. The maximum absolute atomic E-state index is 12.4. The van der Waals surface area contributed by atoms with Crippen molar-refractivity contribution in [1.82, 2.24) is 34.0 Å². The first-order valence-corrected chi connectivity index (χ1v) is 11.6. The van der Waals surface area contributed by atoms with Gasteiger partial charge in [-0.3, -0.25) is 18.2 Å². The monoisotopic (exact) mass is 496 g/mol. The van der Waals surface area contributed by atoms with Gasteiger partial charge in [0.1, 0.15) is 35.8 Å². The van der Waals surface area contributed by atoms with Crippen LogP contribution in [0.5, 0.6) is 0 Å². The molecule has 4 atom stereocenters. The summed E-state index contributed by atoms with van der Waals surface area (Å²) in [6.07, 6.45) is -2.84. The Labute approximate surface area is 193 Å². The number of imidazole rings is 1. The van der Waals surface area contributed by atoms with Crippen molar-refractivity contribution in [3.8, 4) is 0 Å². The number of hydrogen-bond donors (Lipinski definition) is 4. The van der Waals surface area contributed by atoms with Crippen molar-refractivity contribution in [2.45, 2.75) is 44.3 Å². The molecule has 0 radical (unpaired) electrons. The van der Waals surface area contributed by atoms with E-state index in [1.165, 1.54) is 35.0 Å². The number of amides is 1. The molecule has 16 heteroatoms. The smallest absolute Gasteiger partial charge is 0.362 e. The van der Waals surface area contributed by atoms with Crippen molar-refractivity contribution < 1.29 is 32.3 Å². The van der Waals surface area contributed by atoms with Crippen LogP contribution >= 0.6 is 0 Å². The molecule has 34 heavy (non-hydrogen) atoms. The molecule has 0 unspecified atom stereocenters. The number of aliphatic hydroxyl groups excluding tert-OH is 2. The molecule has 1 fully saturated rings. The molecule has 4 rings (SSSR count). The summed E-state index contributed by atoms with van der Waals surface area (Å²) in [6.45, 7) is 3.09. The highest BCUT2D eigenvalue weighted by molar-refractivity contribution is 7.85. The Bertz CT molecular complexity index is 1320. The number of carbonyl (C=O) groups is 1. The molecule has 3 aromatic heterocycles. The lowest BCUT2D eigenvalue weighted by Gasteiger charge is -2.16. The van der Waals surface area contributed by atoms with E-state index in [-0.39, 0.29) is 28.6 Å². The Hall–Kier alpha value is -3.18. The molecule has 1 aliphatic heterocycles. The Balaban J connectivity index is 1.42. The van der Waals surface area contributed by atoms with Gasteiger partial charge in [0.25, 0.3) is 5.91 Å². The first-order valence-electron chi connectivity index (χ1n) is 10.2. The predicted octanol–water partition coefficient (Wildman–Crippen LogP) is -1.42. The van der Waals surface area contributed by atoms with Crippen LogP contribution in [0.1, 0.15) is 42.2 Å². The molecule has 1 amide bonds. The van der Waals surface area contributed by atoms with Crippen molar-refractivity contribution in [1.29, 1.82) is 0 Å². The normalized spacial score (nSPS) is 23.1. The van der Waals surface area contributed by atoms with E-state index < -0.39 is 47.4 Å². The summed E-state index contributed by atoms with van der Waals surface area (Å²) in [5.74, 6) is -0.779. The van der Waals surface area contributed by atoms with Crippen LogP contribution in [0.2, 0.25) is 0 Å².